The van der Waals surface area contributed by atoms with Crippen LogP contribution in [0.5, 0.6) is 5.75 Å². The molecule has 0 unspecified atom stereocenters. The molecule has 0 saturated carbocycles. The number of methoxy groups -OCH3 is 1. The number of fused-ring (bicyclic) bond motifs is 1. The normalized spacial score (nSPS) is 14.6. The SMILES string of the molecule is COc1ccc(Cn2ccc3ccc(N4CCCC4)cc32)cc1. The minimum absolute atomic E-state index is 0.886. The molecule has 0 aliphatic carbocycles. The molecule has 0 radical (unpaired) electrons. The molecule has 3 nitrogen and oxygen atoms in total. The first-order valence-electron chi connectivity index (χ1n) is 8.30. The summed E-state index contributed by atoms with van der Waals surface area (Å²) in [5.41, 5.74) is 3.95. The van der Waals surface area contributed by atoms with Crippen LogP contribution < -0.4 is 9.64 Å². The highest BCUT2D eigenvalue weighted by Gasteiger charge is 2.13. The largest absolute Gasteiger partial charge is 0.497 e. The third-order valence-electron chi connectivity index (χ3n) is 4.74. The van der Waals surface area contributed by atoms with Gasteiger partial charge in [0.2, 0.25) is 0 Å². The zero-order valence-corrected chi connectivity index (χ0v) is 13.5. The Morgan fingerprint density at radius 1 is 0.957 bits per heavy atom. The smallest absolute Gasteiger partial charge is 0.118 e. The van der Waals surface area contributed by atoms with E-state index in [4.69, 9.17) is 4.74 Å². The molecule has 0 atom stereocenters. The average Bonchev–Trinajstić information content (AvgIpc) is 3.25. The Kier molecular flexibility index (Phi) is 3.70. The maximum Gasteiger partial charge on any atom is 0.118 e. The molecule has 23 heavy (non-hydrogen) atoms. The zero-order valence-electron chi connectivity index (χ0n) is 13.5. The molecule has 1 aliphatic heterocycles. The van der Waals surface area contributed by atoms with Crippen LogP contribution in [0.4, 0.5) is 5.69 Å². The molecule has 1 aliphatic rings. The van der Waals surface area contributed by atoms with Crippen molar-refractivity contribution in [1.82, 2.24) is 4.57 Å². The lowest BCUT2D eigenvalue weighted by atomic mass is 10.2. The molecular weight excluding hydrogens is 284 g/mol. The summed E-state index contributed by atoms with van der Waals surface area (Å²) in [7, 11) is 1.70. The second kappa shape index (κ2) is 5.99. The Morgan fingerprint density at radius 2 is 1.74 bits per heavy atom. The first-order valence-corrected chi connectivity index (χ1v) is 8.30. The fraction of sp³-hybridized carbons (Fsp3) is 0.300. The van der Waals surface area contributed by atoms with Crippen LogP contribution in [0.3, 0.4) is 0 Å². The van der Waals surface area contributed by atoms with Gasteiger partial charge in [-0.1, -0.05) is 18.2 Å². The first kappa shape index (κ1) is 14.2. The highest BCUT2D eigenvalue weighted by Crippen LogP contribution is 2.26. The molecular formula is C20H22N2O. The second-order valence-electron chi connectivity index (χ2n) is 6.23. The van der Waals surface area contributed by atoms with Gasteiger partial charge in [0, 0.05) is 31.5 Å². The number of anilines is 1. The molecule has 1 aromatic heterocycles. The lowest BCUT2D eigenvalue weighted by Gasteiger charge is -2.18. The van der Waals surface area contributed by atoms with Crippen molar-refractivity contribution in [3.05, 3.63) is 60.3 Å². The number of ether oxygens (including phenoxy) is 1. The maximum atomic E-state index is 5.23. The number of rotatable bonds is 4. The fourth-order valence-corrected chi connectivity index (χ4v) is 3.41. The van der Waals surface area contributed by atoms with Crippen LogP contribution in [0.2, 0.25) is 0 Å². The molecule has 1 fully saturated rings. The van der Waals surface area contributed by atoms with E-state index in [2.05, 4.69) is 52.1 Å². The monoisotopic (exact) mass is 306 g/mol. The van der Waals surface area contributed by atoms with E-state index in [-0.39, 0.29) is 0 Å². The number of benzene rings is 2. The summed E-state index contributed by atoms with van der Waals surface area (Å²) in [5, 5.41) is 1.31. The van der Waals surface area contributed by atoms with E-state index >= 15 is 0 Å². The molecule has 0 spiro atoms. The molecule has 2 heterocycles. The Labute approximate surface area is 137 Å². The van der Waals surface area contributed by atoms with Crippen LogP contribution >= 0.6 is 0 Å². The molecule has 4 rings (SSSR count). The van der Waals surface area contributed by atoms with E-state index in [9.17, 15) is 0 Å². The number of hydrogen-bond acceptors (Lipinski definition) is 2. The van der Waals surface area contributed by atoms with Gasteiger partial charge in [0.05, 0.1) is 12.6 Å². The van der Waals surface area contributed by atoms with Gasteiger partial charge in [0.25, 0.3) is 0 Å². The van der Waals surface area contributed by atoms with E-state index in [1.54, 1.807) is 7.11 Å². The van der Waals surface area contributed by atoms with Crippen molar-refractivity contribution in [2.45, 2.75) is 19.4 Å². The summed E-state index contributed by atoms with van der Waals surface area (Å²) in [6.45, 7) is 3.26. The topological polar surface area (TPSA) is 17.4 Å². The summed E-state index contributed by atoms with van der Waals surface area (Å²) in [5.74, 6) is 0.905. The Bertz CT molecular complexity index is 798. The summed E-state index contributed by atoms with van der Waals surface area (Å²) in [6.07, 6.45) is 4.80. The van der Waals surface area contributed by atoms with Gasteiger partial charge in [-0.15, -0.1) is 0 Å². The summed E-state index contributed by atoms with van der Waals surface area (Å²) >= 11 is 0. The average molecular weight is 306 g/mol. The number of nitrogens with zero attached hydrogens (tertiary/aromatic N) is 2. The van der Waals surface area contributed by atoms with Crippen molar-refractivity contribution in [2.24, 2.45) is 0 Å². The van der Waals surface area contributed by atoms with Crippen LogP contribution in [0.1, 0.15) is 18.4 Å². The highest BCUT2D eigenvalue weighted by molar-refractivity contribution is 5.84. The highest BCUT2D eigenvalue weighted by atomic mass is 16.5. The predicted octanol–water partition coefficient (Wildman–Crippen LogP) is 4.30. The fourth-order valence-electron chi connectivity index (χ4n) is 3.41. The zero-order chi connectivity index (χ0) is 15.6. The van der Waals surface area contributed by atoms with Crippen LogP contribution in [0.15, 0.2) is 54.7 Å². The van der Waals surface area contributed by atoms with Gasteiger partial charge >= 0.3 is 0 Å². The minimum Gasteiger partial charge on any atom is -0.497 e. The molecule has 2 aromatic carbocycles. The molecule has 118 valence electrons. The van der Waals surface area contributed by atoms with Crippen LogP contribution in [0, 0.1) is 0 Å². The molecule has 3 heteroatoms. The van der Waals surface area contributed by atoms with Gasteiger partial charge in [0.1, 0.15) is 5.75 Å². The lowest BCUT2D eigenvalue weighted by molar-refractivity contribution is 0.414. The molecule has 3 aromatic rings. The van der Waals surface area contributed by atoms with Crippen molar-refractivity contribution in [3.63, 3.8) is 0 Å². The van der Waals surface area contributed by atoms with Gasteiger partial charge in [-0.3, -0.25) is 0 Å². The quantitative estimate of drug-likeness (QED) is 0.715. The summed E-state index contributed by atoms with van der Waals surface area (Å²) in [6, 6.07) is 17.4. The van der Waals surface area contributed by atoms with Crippen LogP contribution in [-0.2, 0) is 6.54 Å². The minimum atomic E-state index is 0.886. The van der Waals surface area contributed by atoms with Gasteiger partial charge in [-0.2, -0.15) is 0 Å². The van der Waals surface area contributed by atoms with Gasteiger partial charge in [-0.25, -0.2) is 0 Å². The number of aromatic nitrogens is 1. The summed E-state index contributed by atoms with van der Waals surface area (Å²) < 4.78 is 7.57. The van der Waals surface area contributed by atoms with E-state index < -0.39 is 0 Å². The van der Waals surface area contributed by atoms with Gasteiger partial charge in [0.15, 0.2) is 0 Å². The Hall–Kier alpha value is -2.42. The van der Waals surface area contributed by atoms with Gasteiger partial charge < -0.3 is 14.2 Å². The molecule has 0 N–H and O–H groups in total. The van der Waals surface area contributed by atoms with Crippen LogP contribution in [-0.4, -0.2) is 24.8 Å². The third kappa shape index (κ3) is 2.79. The van der Waals surface area contributed by atoms with Crippen molar-refractivity contribution in [2.75, 3.05) is 25.1 Å². The van der Waals surface area contributed by atoms with E-state index in [0.29, 0.717) is 0 Å². The maximum absolute atomic E-state index is 5.23. The summed E-state index contributed by atoms with van der Waals surface area (Å²) in [4.78, 5) is 2.49. The van der Waals surface area contributed by atoms with Crippen molar-refractivity contribution >= 4 is 16.6 Å². The molecule has 0 amide bonds. The second-order valence-corrected chi connectivity index (χ2v) is 6.23. The Balaban J connectivity index is 1.64. The van der Waals surface area contributed by atoms with Gasteiger partial charge in [-0.05, 0) is 54.1 Å². The Morgan fingerprint density at radius 3 is 2.48 bits per heavy atom. The molecule has 1 saturated heterocycles. The standard InChI is InChI=1S/C20H22N2O/c1-23-19-8-4-16(5-9-19)15-22-13-10-17-6-7-18(14-20(17)22)21-11-2-3-12-21/h4-10,13-14H,2-3,11-12,15H2,1H3. The third-order valence-corrected chi connectivity index (χ3v) is 4.74. The first-order chi connectivity index (χ1) is 11.3. The van der Waals surface area contributed by atoms with E-state index in [0.717, 1.165) is 12.3 Å². The van der Waals surface area contributed by atoms with Crippen molar-refractivity contribution in [1.29, 1.82) is 0 Å². The number of hydrogen-bond donors (Lipinski definition) is 0. The van der Waals surface area contributed by atoms with E-state index in [1.807, 2.05) is 12.1 Å². The van der Waals surface area contributed by atoms with Crippen molar-refractivity contribution < 1.29 is 4.74 Å². The van der Waals surface area contributed by atoms with E-state index in [1.165, 1.54) is 48.1 Å². The van der Waals surface area contributed by atoms with Crippen molar-refractivity contribution in [3.8, 4) is 5.75 Å². The lowest BCUT2D eigenvalue weighted by Crippen LogP contribution is -2.17. The predicted molar refractivity (Wildman–Crippen MR) is 95.5 cm³/mol. The molecule has 0 bridgehead atoms. The van der Waals surface area contributed by atoms with Crippen LogP contribution in [0.25, 0.3) is 10.9 Å².